The van der Waals surface area contributed by atoms with Crippen LogP contribution in [0.3, 0.4) is 0 Å². The zero-order chi connectivity index (χ0) is 7.45. The van der Waals surface area contributed by atoms with Gasteiger partial charge in [0.1, 0.15) is 0 Å². The lowest BCUT2D eigenvalue weighted by molar-refractivity contribution is 0.324. The summed E-state index contributed by atoms with van der Waals surface area (Å²) in [5.41, 5.74) is 0. The van der Waals surface area contributed by atoms with Gasteiger partial charge in [0.05, 0.1) is 0 Å². The Balaban J connectivity index is 2.41. The van der Waals surface area contributed by atoms with Gasteiger partial charge in [-0.15, -0.1) is 0 Å². The molecule has 1 heterocycles. The molecule has 10 heavy (non-hydrogen) atoms. The van der Waals surface area contributed by atoms with Crippen LogP contribution in [0.25, 0.3) is 0 Å². The highest BCUT2D eigenvalue weighted by molar-refractivity contribution is 6.74. The molecule has 60 valence electrons. The molecule has 0 radical (unpaired) electrons. The van der Waals surface area contributed by atoms with Crippen molar-refractivity contribution in [1.82, 2.24) is 0 Å². The minimum absolute atomic E-state index is 0.945. The summed E-state index contributed by atoms with van der Waals surface area (Å²) in [6.45, 7) is 5.37. The molecule has 2 heteroatoms. The molecule has 0 atom stereocenters. The smallest absolute Gasteiger partial charge is 0.192 e. The molecule has 0 unspecified atom stereocenters. The SMILES string of the molecule is CCO[Si]1(CC)CCCC1. The first kappa shape index (κ1) is 8.28. The average molecular weight is 158 g/mol. The topological polar surface area (TPSA) is 9.23 Å². The van der Waals surface area contributed by atoms with Crippen molar-refractivity contribution in [2.24, 2.45) is 0 Å². The summed E-state index contributed by atoms with van der Waals surface area (Å²) in [6.07, 6.45) is 2.86. The fourth-order valence-electron chi connectivity index (χ4n) is 1.93. The number of hydrogen-bond acceptors (Lipinski definition) is 1. The van der Waals surface area contributed by atoms with E-state index in [9.17, 15) is 0 Å². The third kappa shape index (κ3) is 1.61. The molecule has 0 bridgehead atoms. The first-order valence-electron chi connectivity index (χ1n) is 4.47. The van der Waals surface area contributed by atoms with E-state index in [1.54, 1.807) is 0 Å². The first-order valence-corrected chi connectivity index (χ1v) is 7.00. The van der Waals surface area contributed by atoms with Gasteiger partial charge in [-0.3, -0.25) is 0 Å². The van der Waals surface area contributed by atoms with Crippen molar-refractivity contribution < 1.29 is 4.43 Å². The molecule has 0 amide bonds. The summed E-state index contributed by atoms with van der Waals surface area (Å²) in [6, 6.07) is 4.19. The number of hydrogen-bond donors (Lipinski definition) is 0. The molecular weight excluding hydrogens is 140 g/mol. The van der Waals surface area contributed by atoms with Gasteiger partial charge in [-0.05, 0) is 25.1 Å². The highest BCUT2D eigenvalue weighted by Gasteiger charge is 2.35. The van der Waals surface area contributed by atoms with E-state index < -0.39 is 8.32 Å². The fourth-order valence-corrected chi connectivity index (χ4v) is 5.78. The molecular formula is C8H18OSi. The summed E-state index contributed by atoms with van der Waals surface area (Å²) in [7, 11) is -1.11. The van der Waals surface area contributed by atoms with Crippen LogP contribution < -0.4 is 0 Å². The molecule has 0 saturated carbocycles. The van der Waals surface area contributed by atoms with Crippen molar-refractivity contribution in [2.45, 2.75) is 44.8 Å². The van der Waals surface area contributed by atoms with E-state index >= 15 is 0 Å². The third-order valence-corrected chi connectivity index (χ3v) is 7.33. The largest absolute Gasteiger partial charge is 0.417 e. The molecule has 0 N–H and O–H groups in total. The molecule has 1 rings (SSSR count). The van der Waals surface area contributed by atoms with Crippen LogP contribution in [0.1, 0.15) is 26.7 Å². The minimum Gasteiger partial charge on any atom is -0.417 e. The maximum Gasteiger partial charge on any atom is 0.192 e. The molecule has 1 nitrogen and oxygen atoms in total. The molecule has 0 aromatic carbocycles. The van der Waals surface area contributed by atoms with Crippen molar-refractivity contribution >= 4 is 8.32 Å². The van der Waals surface area contributed by atoms with Crippen LogP contribution >= 0.6 is 0 Å². The van der Waals surface area contributed by atoms with Crippen LogP contribution in [0.2, 0.25) is 18.1 Å². The Kier molecular flexibility index (Phi) is 2.92. The second-order valence-corrected chi connectivity index (χ2v) is 7.54. The maximum atomic E-state index is 5.88. The van der Waals surface area contributed by atoms with Crippen LogP contribution in [-0.2, 0) is 4.43 Å². The van der Waals surface area contributed by atoms with Crippen molar-refractivity contribution in [1.29, 1.82) is 0 Å². The fraction of sp³-hybridized carbons (Fsp3) is 1.00. The molecule has 0 aromatic heterocycles. The van der Waals surface area contributed by atoms with Crippen LogP contribution in [0.4, 0.5) is 0 Å². The summed E-state index contributed by atoms with van der Waals surface area (Å²) < 4.78 is 5.88. The zero-order valence-electron chi connectivity index (χ0n) is 7.15. The summed E-state index contributed by atoms with van der Waals surface area (Å²) >= 11 is 0. The number of rotatable bonds is 3. The Morgan fingerprint density at radius 1 is 1.20 bits per heavy atom. The Hall–Kier alpha value is 0.177. The van der Waals surface area contributed by atoms with Gasteiger partial charge in [-0.1, -0.05) is 19.8 Å². The van der Waals surface area contributed by atoms with Crippen molar-refractivity contribution in [2.75, 3.05) is 6.61 Å². The molecule has 0 spiro atoms. The Bertz CT molecular complexity index is 97.4. The van der Waals surface area contributed by atoms with Gasteiger partial charge in [0.25, 0.3) is 0 Å². The second kappa shape index (κ2) is 3.53. The van der Waals surface area contributed by atoms with Gasteiger partial charge in [0, 0.05) is 6.61 Å². The normalized spacial score (nSPS) is 23.4. The highest BCUT2D eigenvalue weighted by Crippen LogP contribution is 2.33. The molecule has 1 aliphatic rings. The van der Waals surface area contributed by atoms with Gasteiger partial charge in [0.15, 0.2) is 8.32 Å². The van der Waals surface area contributed by atoms with Crippen molar-refractivity contribution in [3.8, 4) is 0 Å². The van der Waals surface area contributed by atoms with E-state index in [0.29, 0.717) is 0 Å². The van der Waals surface area contributed by atoms with E-state index in [4.69, 9.17) is 4.43 Å². The molecule has 1 aliphatic heterocycles. The minimum atomic E-state index is -1.11. The second-order valence-electron chi connectivity index (χ2n) is 3.18. The van der Waals surface area contributed by atoms with Gasteiger partial charge in [-0.2, -0.15) is 0 Å². The van der Waals surface area contributed by atoms with Gasteiger partial charge in [-0.25, -0.2) is 0 Å². The lowest BCUT2D eigenvalue weighted by Crippen LogP contribution is -2.33. The Morgan fingerprint density at radius 3 is 2.20 bits per heavy atom. The standard InChI is InChI=1S/C8H18OSi/c1-3-9-10(4-2)7-5-6-8-10/h3-8H2,1-2H3. The molecule has 1 fully saturated rings. The van der Waals surface area contributed by atoms with E-state index in [0.717, 1.165) is 6.61 Å². The summed E-state index contributed by atoms with van der Waals surface area (Å²) in [4.78, 5) is 0. The quantitative estimate of drug-likeness (QED) is 0.574. The van der Waals surface area contributed by atoms with E-state index in [-0.39, 0.29) is 0 Å². The summed E-state index contributed by atoms with van der Waals surface area (Å²) in [5.74, 6) is 0. The molecule has 0 aromatic rings. The molecule has 1 saturated heterocycles. The average Bonchev–Trinajstić information content (AvgIpc) is 2.39. The molecule has 0 aliphatic carbocycles. The van der Waals surface area contributed by atoms with E-state index in [1.165, 1.54) is 31.0 Å². The predicted molar refractivity (Wildman–Crippen MR) is 46.7 cm³/mol. The van der Waals surface area contributed by atoms with Gasteiger partial charge in [0.2, 0.25) is 0 Å². The first-order chi connectivity index (χ1) is 4.83. The summed E-state index contributed by atoms with van der Waals surface area (Å²) in [5, 5.41) is 0. The third-order valence-electron chi connectivity index (χ3n) is 2.61. The lowest BCUT2D eigenvalue weighted by atomic mass is 10.4. The zero-order valence-corrected chi connectivity index (χ0v) is 8.15. The van der Waals surface area contributed by atoms with Crippen LogP contribution in [0, 0.1) is 0 Å². The highest BCUT2D eigenvalue weighted by atomic mass is 28.4. The van der Waals surface area contributed by atoms with E-state index in [1.807, 2.05) is 0 Å². The van der Waals surface area contributed by atoms with Crippen LogP contribution in [-0.4, -0.2) is 14.9 Å². The van der Waals surface area contributed by atoms with Crippen LogP contribution in [0.5, 0.6) is 0 Å². The maximum absolute atomic E-state index is 5.88. The van der Waals surface area contributed by atoms with Gasteiger partial charge >= 0.3 is 0 Å². The monoisotopic (exact) mass is 158 g/mol. The van der Waals surface area contributed by atoms with Gasteiger partial charge < -0.3 is 4.43 Å². The van der Waals surface area contributed by atoms with E-state index in [2.05, 4.69) is 13.8 Å². The van der Waals surface area contributed by atoms with Crippen LogP contribution in [0.15, 0.2) is 0 Å². The van der Waals surface area contributed by atoms with Crippen molar-refractivity contribution in [3.05, 3.63) is 0 Å². The lowest BCUT2D eigenvalue weighted by Gasteiger charge is -2.23. The van der Waals surface area contributed by atoms with Crippen molar-refractivity contribution in [3.63, 3.8) is 0 Å². The Labute approximate surface area is 64.9 Å². The Morgan fingerprint density at radius 2 is 1.80 bits per heavy atom. The predicted octanol–water partition coefficient (Wildman–Crippen LogP) is 2.78.